The van der Waals surface area contributed by atoms with E-state index in [1.54, 1.807) is 36.4 Å². The average Bonchev–Trinajstić information content (AvgIpc) is 3.08. The molecular formula is C25H18ClNO4S2. The molecule has 1 aliphatic heterocycles. The van der Waals surface area contributed by atoms with Gasteiger partial charge >= 0.3 is 5.97 Å². The second kappa shape index (κ2) is 10.2. The molecule has 33 heavy (non-hydrogen) atoms. The first-order chi connectivity index (χ1) is 15.9. The third-order valence-electron chi connectivity index (χ3n) is 4.93. The van der Waals surface area contributed by atoms with Crippen LogP contribution in [-0.2, 0) is 16.2 Å². The maximum absolute atomic E-state index is 13.0. The van der Waals surface area contributed by atoms with Crippen molar-refractivity contribution in [3.8, 4) is 5.75 Å². The molecule has 3 aromatic rings. The van der Waals surface area contributed by atoms with Crippen molar-refractivity contribution >= 4 is 57.9 Å². The van der Waals surface area contributed by atoms with E-state index in [-0.39, 0.29) is 4.32 Å². The Morgan fingerprint density at radius 3 is 2.36 bits per heavy atom. The lowest BCUT2D eigenvalue weighted by Crippen LogP contribution is -2.37. The molecule has 1 atom stereocenters. The number of carboxylic acids is 1. The Kier molecular flexibility index (Phi) is 7.13. The maximum Gasteiger partial charge on any atom is 0.331 e. The minimum atomic E-state index is -1.17. The van der Waals surface area contributed by atoms with Gasteiger partial charge in [0.1, 0.15) is 16.7 Å². The Bertz CT molecular complexity index is 1210. The van der Waals surface area contributed by atoms with Gasteiger partial charge in [-0.1, -0.05) is 90.2 Å². The van der Waals surface area contributed by atoms with Gasteiger partial charge in [-0.05, 0) is 47.0 Å². The van der Waals surface area contributed by atoms with E-state index in [1.807, 2.05) is 48.5 Å². The molecule has 0 aliphatic carbocycles. The first kappa shape index (κ1) is 23.0. The molecule has 3 aromatic carbocycles. The summed E-state index contributed by atoms with van der Waals surface area (Å²) in [6.45, 7) is 0.408. The van der Waals surface area contributed by atoms with Crippen molar-refractivity contribution in [1.29, 1.82) is 0 Å². The van der Waals surface area contributed by atoms with Crippen LogP contribution in [0.4, 0.5) is 0 Å². The van der Waals surface area contributed by atoms with Crippen molar-refractivity contribution in [2.45, 2.75) is 12.6 Å². The van der Waals surface area contributed by atoms with Gasteiger partial charge in [-0.3, -0.25) is 9.69 Å². The third kappa shape index (κ3) is 5.45. The van der Waals surface area contributed by atoms with E-state index in [2.05, 4.69) is 0 Å². The number of ether oxygens (including phenoxy) is 1. The van der Waals surface area contributed by atoms with Crippen LogP contribution in [0.25, 0.3) is 6.08 Å². The lowest BCUT2D eigenvalue weighted by Gasteiger charge is -2.23. The molecule has 1 fully saturated rings. The second-order valence-electron chi connectivity index (χ2n) is 7.19. The number of carbonyl (C=O) groups excluding carboxylic acids is 1. The summed E-state index contributed by atoms with van der Waals surface area (Å²) >= 11 is 12.3. The molecule has 0 saturated carbocycles. The van der Waals surface area contributed by atoms with Crippen LogP contribution in [0.1, 0.15) is 22.7 Å². The van der Waals surface area contributed by atoms with Gasteiger partial charge in [0.25, 0.3) is 5.91 Å². The number of rotatable bonds is 7. The van der Waals surface area contributed by atoms with Crippen molar-refractivity contribution < 1.29 is 19.4 Å². The molecule has 1 aliphatic rings. The van der Waals surface area contributed by atoms with E-state index in [9.17, 15) is 14.7 Å². The van der Waals surface area contributed by atoms with E-state index in [0.29, 0.717) is 27.8 Å². The normalized spacial score (nSPS) is 15.7. The quantitative estimate of drug-likeness (QED) is 0.323. The number of hydrogen-bond donors (Lipinski definition) is 1. The highest BCUT2D eigenvalue weighted by Gasteiger charge is 2.41. The molecule has 5 nitrogen and oxygen atoms in total. The molecule has 1 saturated heterocycles. The molecular weight excluding hydrogens is 478 g/mol. The van der Waals surface area contributed by atoms with Crippen molar-refractivity contribution in [3.05, 3.63) is 105 Å². The van der Waals surface area contributed by atoms with Crippen LogP contribution < -0.4 is 4.74 Å². The van der Waals surface area contributed by atoms with Crippen molar-refractivity contribution in [3.63, 3.8) is 0 Å². The Morgan fingerprint density at radius 2 is 1.73 bits per heavy atom. The number of hydrogen-bond acceptors (Lipinski definition) is 5. The standard InChI is InChI=1S/C25H18ClNO4S2/c26-19-10-6-17(7-11-19)15-31-20-12-8-16(9-13-20)14-21-23(28)27(25(32)33-21)22(24(29)30)18-4-2-1-3-5-18/h1-14,22H,15H2,(H,29,30)/b21-14-. The van der Waals surface area contributed by atoms with Gasteiger partial charge < -0.3 is 9.84 Å². The van der Waals surface area contributed by atoms with Crippen LogP contribution in [0.5, 0.6) is 5.75 Å². The summed E-state index contributed by atoms with van der Waals surface area (Å²) in [7, 11) is 0. The Morgan fingerprint density at radius 1 is 1.06 bits per heavy atom. The molecule has 0 radical (unpaired) electrons. The molecule has 4 rings (SSSR count). The zero-order chi connectivity index (χ0) is 23.4. The summed E-state index contributed by atoms with van der Waals surface area (Å²) < 4.78 is 6.00. The van der Waals surface area contributed by atoms with Crippen molar-refractivity contribution in [2.24, 2.45) is 0 Å². The number of nitrogens with zero attached hydrogens (tertiary/aromatic N) is 1. The number of thiocarbonyl (C=S) groups is 1. The molecule has 1 amide bonds. The molecule has 0 bridgehead atoms. The highest BCUT2D eigenvalue weighted by molar-refractivity contribution is 8.26. The maximum atomic E-state index is 13.0. The topological polar surface area (TPSA) is 66.8 Å². The van der Waals surface area contributed by atoms with Crippen LogP contribution in [-0.4, -0.2) is 26.2 Å². The molecule has 166 valence electrons. The number of aliphatic carboxylic acids is 1. The smallest absolute Gasteiger partial charge is 0.331 e. The van der Waals surface area contributed by atoms with Gasteiger partial charge in [0.2, 0.25) is 0 Å². The number of halogens is 1. The Hall–Kier alpha value is -3.13. The van der Waals surface area contributed by atoms with Crippen molar-refractivity contribution in [1.82, 2.24) is 4.90 Å². The second-order valence-corrected chi connectivity index (χ2v) is 9.30. The summed E-state index contributed by atoms with van der Waals surface area (Å²) in [5.74, 6) is -0.880. The van der Waals surface area contributed by atoms with Crippen LogP contribution in [0.2, 0.25) is 5.02 Å². The predicted molar refractivity (Wildman–Crippen MR) is 134 cm³/mol. The molecule has 8 heteroatoms. The van der Waals surface area contributed by atoms with Gasteiger partial charge in [0.15, 0.2) is 6.04 Å². The number of benzene rings is 3. The average molecular weight is 496 g/mol. The molecule has 0 aromatic heterocycles. The summed E-state index contributed by atoms with van der Waals surface area (Å²) in [6, 6.07) is 22.1. The van der Waals surface area contributed by atoms with Crippen molar-refractivity contribution in [2.75, 3.05) is 0 Å². The highest BCUT2D eigenvalue weighted by atomic mass is 35.5. The summed E-state index contributed by atoms with van der Waals surface area (Å²) in [5.41, 5.74) is 2.27. The lowest BCUT2D eigenvalue weighted by atomic mass is 10.1. The van der Waals surface area contributed by atoms with E-state index in [0.717, 1.165) is 27.8 Å². The Labute approximate surface area is 205 Å². The minimum absolute atomic E-state index is 0.213. The minimum Gasteiger partial charge on any atom is -0.489 e. The fourth-order valence-corrected chi connectivity index (χ4v) is 4.74. The molecule has 1 heterocycles. The monoisotopic (exact) mass is 495 g/mol. The van der Waals surface area contributed by atoms with E-state index >= 15 is 0 Å². The predicted octanol–water partition coefficient (Wildman–Crippen LogP) is 5.95. The lowest BCUT2D eigenvalue weighted by molar-refractivity contribution is -0.145. The first-order valence-electron chi connectivity index (χ1n) is 9.94. The zero-order valence-electron chi connectivity index (χ0n) is 17.2. The molecule has 1 unspecified atom stereocenters. The van der Waals surface area contributed by atoms with E-state index < -0.39 is 17.9 Å². The van der Waals surface area contributed by atoms with Gasteiger partial charge in [-0.25, -0.2) is 4.79 Å². The van der Waals surface area contributed by atoms with E-state index in [1.165, 1.54) is 0 Å². The van der Waals surface area contributed by atoms with Crippen LogP contribution in [0.3, 0.4) is 0 Å². The van der Waals surface area contributed by atoms with Gasteiger partial charge in [0.05, 0.1) is 4.91 Å². The summed E-state index contributed by atoms with van der Waals surface area (Å²) in [5, 5.41) is 10.4. The van der Waals surface area contributed by atoms with Crippen LogP contribution in [0.15, 0.2) is 83.8 Å². The number of carboxylic acid groups (broad SMARTS) is 1. The first-order valence-corrected chi connectivity index (χ1v) is 11.5. The Balaban J connectivity index is 1.47. The molecule has 1 N–H and O–H groups in total. The third-order valence-corrected chi connectivity index (χ3v) is 6.51. The number of thioether (sulfide) groups is 1. The number of carbonyl (C=O) groups is 2. The van der Waals surface area contributed by atoms with E-state index in [4.69, 9.17) is 28.6 Å². The zero-order valence-corrected chi connectivity index (χ0v) is 19.6. The summed E-state index contributed by atoms with van der Waals surface area (Å²) in [4.78, 5) is 26.5. The highest BCUT2D eigenvalue weighted by Crippen LogP contribution is 2.38. The fraction of sp³-hybridized carbons (Fsp3) is 0.0800. The van der Waals surface area contributed by atoms with Gasteiger partial charge in [-0.15, -0.1) is 0 Å². The fourth-order valence-electron chi connectivity index (χ4n) is 3.30. The summed E-state index contributed by atoms with van der Waals surface area (Å²) in [6.07, 6.45) is 1.70. The SMILES string of the molecule is O=C(O)C(c1ccccc1)N1C(=O)/C(=C/c2ccc(OCc3ccc(Cl)cc3)cc2)SC1=S. The van der Waals surface area contributed by atoms with Gasteiger partial charge in [-0.2, -0.15) is 0 Å². The van der Waals surface area contributed by atoms with Crippen LogP contribution >= 0.6 is 35.6 Å². The number of amides is 1. The van der Waals surface area contributed by atoms with Crippen LogP contribution in [0, 0.1) is 0 Å². The largest absolute Gasteiger partial charge is 0.489 e. The molecule has 0 spiro atoms. The van der Waals surface area contributed by atoms with Gasteiger partial charge in [0, 0.05) is 5.02 Å².